The first-order chi connectivity index (χ1) is 8.31. The molecule has 0 aliphatic heterocycles. The van der Waals surface area contributed by atoms with E-state index in [0.29, 0.717) is 5.88 Å². The Morgan fingerprint density at radius 3 is 2.88 bits per heavy atom. The third-order valence-electron chi connectivity index (χ3n) is 3.13. The van der Waals surface area contributed by atoms with Gasteiger partial charge in [-0.2, -0.15) is 0 Å². The topological polar surface area (TPSA) is 16.1 Å². The number of rotatable bonds is 8. The van der Waals surface area contributed by atoms with Crippen molar-refractivity contribution in [2.24, 2.45) is 5.92 Å². The van der Waals surface area contributed by atoms with Gasteiger partial charge in [-0.3, -0.25) is 0 Å². The van der Waals surface area contributed by atoms with Gasteiger partial charge in [0.1, 0.15) is 0 Å². The predicted octanol–water partition coefficient (Wildman–Crippen LogP) is 3.55. The summed E-state index contributed by atoms with van der Waals surface area (Å²) < 4.78 is 0. The molecule has 0 unspecified atom stereocenters. The van der Waals surface area contributed by atoms with Crippen molar-refractivity contribution in [3.63, 3.8) is 0 Å². The highest BCUT2D eigenvalue weighted by atomic mass is 35.5. The van der Waals surface area contributed by atoms with Crippen molar-refractivity contribution >= 4 is 22.9 Å². The van der Waals surface area contributed by atoms with Crippen LogP contribution in [0.3, 0.4) is 0 Å². The molecule has 1 aliphatic rings. The summed E-state index contributed by atoms with van der Waals surface area (Å²) in [6.07, 6.45) is 5.20. The van der Waals surface area contributed by atoms with E-state index in [1.807, 2.05) is 0 Å². The van der Waals surface area contributed by atoms with Gasteiger partial charge < -0.3 is 4.90 Å². The fraction of sp³-hybridized carbons (Fsp3) is 0.769. The molecule has 0 amide bonds. The minimum absolute atomic E-state index is 0.539. The molecule has 1 saturated carbocycles. The first-order valence-electron chi connectivity index (χ1n) is 6.53. The van der Waals surface area contributed by atoms with Crippen molar-refractivity contribution in [1.82, 2.24) is 9.88 Å². The fourth-order valence-electron chi connectivity index (χ4n) is 2.06. The molecule has 0 spiro atoms. The molecule has 0 N–H and O–H groups in total. The van der Waals surface area contributed by atoms with Crippen molar-refractivity contribution in [3.05, 3.63) is 16.1 Å². The molecule has 2 nitrogen and oxygen atoms in total. The maximum atomic E-state index is 5.76. The zero-order chi connectivity index (χ0) is 12.1. The van der Waals surface area contributed by atoms with Gasteiger partial charge in [-0.25, -0.2) is 4.98 Å². The fourth-order valence-corrected chi connectivity index (χ4v) is 3.07. The third kappa shape index (κ3) is 4.57. The average molecular weight is 273 g/mol. The van der Waals surface area contributed by atoms with E-state index in [1.54, 1.807) is 11.3 Å². The van der Waals surface area contributed by atoms with E-state index >= 15 is 0 Å². The van der Waals surface area contributed by atoms with E-state index in [4.69, 9.17) is 11.6 Å². The van der Waals surface area contributed by atoms with Crippen LogP contribution in [0.4, 0.5) is 0 Å². The number of aromatic nitrogens is 1. The lowest BCUT2D eigenvalue weighted by Crippen LogP contribution is -2.29. The number of alkyl halides is 1. The molecule has 1 aliphatic carbocycles. The van der Waals surface area contributed by atoms with Crippen LogP contribution in [0.5, 0.6) is 0 Å². The van der Waals surface area contributed by atoms with Crippen LogP contribution in [0, 0.1) is 5.92 Å². The maximum absolute atomic E-state index is 5.76. The van der Waals surface area contributed by atoms with Crippen LogP contribution in [0.2, 0.25) is 0 Å². The van der Waals surface area contributed by atoms with Crippen LogP contribution in [0.15, 0.2) is 5.38 Å². The minimum Gasteiger partial charge on any atom is -0.303 e. The Labute approximate surface area is 113 Å². The summed E-state index contributed by atoms with van der Waals surface area (Å²) in [4.78, 5) is 7.11. The van der Waals surface area contributed by atoms with Gasteiger partial charge in [0.25, 0.3) is 0 Å². The molecular formula is C13H21ClN2S. The summed E-state index contributed by atoms with van der Waals surface area (Å²) in [6, 6.07) is 0. The van der Waals surface area contributed by atoms with Gasteiger partial charge >= 0.3 is 0 Å². The van der Waals surface area contributed by atoms with Crippen molar-refractivity contribution < 1.29 is 0 Å². The van der Waals surface area contributed by atoms with Gasteiger partial charge in [-0.15, -0.1) is 22.9 Å². The van der Waals surface area contributed by atoms with E-state index in [0.717, 1.165) is 24.6 Å². The summed E-state index contributed by atoms with van der Waals surface area (Å²) >= 11 is 7.51. The van der Waals surface area contributed by atoms with E-state index in [1.165, 1.54) is 37.4 Å². The molecule has 0 aromatic carbocycles. The number of hydrogen-bond acceptors (Lipinski definition) is 3. The van der Waals surface area contributed by atoms with E-state index in [2.05, 4.69) is 22.2 Å². The molecule has 4 heteroatoms. The monoisotopic (exact) mass is 272 g/mol. The van der Waals surface area contributed by atoms with Crippen LogP contribution in [0.1, 0.15) is 36.9 Å². The Morgan fingerprint density at radius 1 is 1.47 bits per heavy atom. The molecular weight excluding hydrogens is 252 g/mol. The summed E-state index contributed by atoms with van der Waals surface area (Å²) in [5.74, 6) is 1.52. The van der Waals surface area contributed by atoms with Crippen molar-refractivity contribution in [2.75, 3.05) is 19.6 Å². The lowest BCUT2D eigenvalue weighted by molar-refractivity contribution is 0.266. The number of nitrogens with zero attached hydrogens (tertiary/aromatic N) is 2. The summed E-state index contributed by atoms with van der Waals surface area (Å²) in [5.41, 5.74) is 1.02. The SMILES string of the molecule is CCCN(CCc1nc(CCl)cs1)CC1CC1. The molecule has 0 atom stereocenters. The second-order valence-electron chi connectivity index (χ2n) is 4.86. The van der Waals surface area contributed by atoms with Gasteiger partial charge in [0.2, 0.25) is 0 Å². The molecule has 0 radical (unpaired) electrons. The zero-order valence-corrected chi connectivity index (χ0v) is 12.1. The van der Waals surface area contributed by atoms with E-state index in [9.17, 15) is 0 Å². The van der Waals surface area contributed by atoms with Crippen molar-refractivity contribution in [3.8, 4) is 0 Å². The summed E-state index contributed by atoms with van der Waals surface area (Å²) in [7, 11) is 0. The second-order valence-corrected chi connectivity index (χ2v) is 6.07. The standard InChI is InChI=1S/C13H21ClN2S/c1-2-6-16(9-11-3-4-11)7-5-13-15-12(8-14)10-17-13/h10-11H,2-9H2,1H3. The Morgan fingerprint density at radius 2 is 2.29 bits per heavy atom. The van der Waals surface area contributed by atoms with E-state index in [-0.39, 0.29) is 0 Å². The molecule has 0 bridgehead atoms. The normalized spacial score (nSPS) is 15.7. The number of thiazole rings is 1. The minimum atomic E-state index is 0.539. The molecule has 0 saturated heterocycles. The molecule has 1 heterocycles. The number of hydrogen-bond donors (Lipinski definition) is 0. The van der Waals surface area contributed by atoms with Crippen molar-refractivity contribution in [1.29, 1.82) is 0 Å². The predicted molar refractivity (Wildman–Crippen MR) is 74.8 cm³/mol. The molecule has 96 valence electrons. The Bertz CT molecular complexity index is 336. The lowest BCUT2D eigenvalue weighted by atomic mass is 10.3. The van der Waals surface area contributed by atoms with Gasteiger partial charge in [-0.05, 0) is 31.7 Å². The highest BCUT2D eigenvalue weighted by Crippen LogP contribution is 2.29. The van der Waals surface area contributed by atoms with Gasteiger partial charge in [0.05, 0.1) is 16.6 Å². The average Bonchev–Trinajstić information content (AvgIpc) is 3.03. The van der Waals surface area contributed by atoms with Crippen molar-refractivity contribution in [2.45, 2.75) is 38.5 Å². The van der Waals surface area contributed by atoms with Crippen LogP contribution < -0.4 is 0 Å². The Kier molecular flexibility index (Phi) is 5.26. The number of halogens is 1. The van der Waals surface area contributed by atoms with Gasteiger partial charge in [0, 0.05) is 24.9 Å². The zero-order valence-electron chi connectivity index (χ0n) is 10.5. The first-order valence-corrected chi connectivity index (χ1v) is 7.94. The second kappa shape index (κ2) is 6.72. The van der Waals surface area contributed by atoms with Crippen LogP contribution in [-0.2, 0) is 12.3 Å². The third-order valence-corrected chi connectivity index (χ3v) is 4.36. The van der Waals surface area contributed by atoms with Crippen LogP contribution in [-0.4, -0.2) is 29.5 Å². The molecule has 1 aromatic heterocycles. The largest absolute Gasteiger partial charge is 0.303 e. The van der Waals surface area contributed by atoms with Crippen LogP contribution >= 0.6 is 22.9 Å². The highest BCUT2D eigenvalue weighted by molar-refractivity contribution is 7.09. The Hall–Kier alpha value is -0.120. The summed E-state index contributed by atoms with van der Waals surface area (Å²) in [5, 5.41) is 3.31. The molecule has 1 aromatic rings. The summed E-state index contributed by atoms with van der Waals surface area (Å²) in [6.45, 7) is 5.93. The first kappa shape index (κ1) is 13.3. The lowest BCUT2D eigenvalue weighted by Gasteiger charge is -2.20. The smallest absolute Gasteiger partial charge is 0.0941 e. The van der Waals surface area contributed by atoms with Gasteiger partial charge in [-0.1, -0.05) is 6.92 Å². The quantitative estimate of drug-likeness (QED) is 0.673. The molecule has 1 fully saturated rings. The Balaban J connectivity index is 1.76. The van der Waals surface area contributed by atoms with E-state index < -0.39 is 0 Å². The highest BCUT2D eigenvalue weighted by Gasteiger charge is 2.23. The molecule has 2 rings (SSSR count). The maximum Gasteiger partial charge on any atom is 0.0941 e. The van der Waals surface area contributed by atoms with Gasteiger partial charge in [0.15, 0.2) is 0 Å². The molecule has 17 heavy (non-hydrogen) atoms. The van der Waals surface area contributed by atoms with Crippen LogP contribution in [0.25, 0.3) is 0 Å².